The van der Waals surface area contributed by atoms with Crippen molar-refractivity contribution in [1.29, 1.82) is 0 Å². The number of hydrogen-bond acceptors (Lipinski definition) is 4. The first-order chi connectivity index (χ1) is 11.5. The predicted molar refractivity (Wildman–Crippen MR) is 96.2 cm³/mol. The van der Waals surface area contributed by atoms with E-state index in [2.05, 4.69) is 31.8 Å². The van der Waals surface area contributed by atoms with Crippen LogP contribution < -0.4 is 15.5 Å². The van der Waals surface area contributed by atoms with Gasteiger partial charge in [-0.05, 0) is 36.8 Å². The quantitative estimate of drug-likeness (QED) is 0.479. The topological polar surface area (TPSA) is 79.8 Å². The van der Waals surface area contributed by atoms with Gasteiger partial charge in [-0.15, -0.1) is 0 Å². The fourth-order valence-electron chi connectivity index (χ4n) is 1.91. The van der Waals surface area contributed by atoms with Crippen LogP contribution in [0.4, 0.5) is 5.69 Å². The molecular weight excluding hydrogens is 374 g/mol. The van der Waals surface area contributed by atoms with Crippen LogP contribution in [0, 0.1) is 6.92 Å². The van der Waals surface area contributed by atoms with Crippen LogP contribution in [0.1, 0.15) is 11.1 Å². The number of halogens is 1. The summed E-state index contributed by atoms with van der Waals surface area (Å²) in [6.45, 7) is 1.84. The molecule has 0 saturated heterocycles. The highest BCUT2D eigenvalue weighted by Gasteiger charge is 2.13. The second-order valence-electron chi connectivity index (χ2n) is 4.85. The second kappa shape index (κ2) is 8.26. The SMILES string of the molecule is COc1ccc(Br)cc1/C=N/NC(=O)C(=O)Nc1ccccc1C. The van der Waals surface area contributed by atoms with Gasteiger partial charge in [0.15, 0.2) is 0 Å². The number of nitrogens with one attached hydrogen (secondary N) is 2. The minimum atomic E-state index is -0.858. The normalized spacial score (nSPS) is 10.5. The van der Waals surface area contributed by atoms with Crippen molar-refractivity contribution in [2.75, 3.05) is 12.4 Å². The molecule has 0 aliphatic heterocycles. The number of carbonyl (C=O) groups is 2. The summed E-state index contributed by atoms with van der Waals surface area (Å²) in [4.78, 5) is 23.6. The Morgan fingerprint density at radius 2 is 1.92 bits per heavy atom. The van der Waals surface area contributed by atoms with Crippen molar-refractivity contribution in [3.63, 3.8) is 0 Å². The molecule has 6 nitrogen and oxygen atoms in total. The predicted octanol–water partition coefficient (Wildman–Crippen LogP) is 2.85. The molecule has 0 radical (unpaired) electrons. The monoisotopic (exact) mass is 389 g/mol. The van der Waals surface area contributed by atoms with Crippen molar-refractivity contribution in [3.05, 3.63) is 58.1 Å². The van der Waals surface area contributed by atoms with E-state index in [9.17, 15) is 9.59 Å². The van der Waals surface area contributed by atoms with Gasteiger partial charge in [0.05, 0.1) is 13.3 Å². The molecule has 0 spiro atoms. The fraction of sp³-hybridized carbons (Fsp3) is 0.118. The van der Waals surface area contributed by atoms with Gasteiger partial charge in [-0.1, -0.05) is 34.1 Å². The molecule has 2 N–H and O–H groups in total. The van der Waals surface area contributed by atoms with Crippen LogP contribution in [0.2, 0.25) is 0 Å². The molecule has 0 aliphatic carbocycles. The van der Waals surface area contributed by atoms with Gasteiger partial charge in [0.25, 0.3) is 0 Å². The minimum absolute atomic E-state index is 0.579. The van der Waals surface area contributed by atoms with Gasteiger partial charge in [-0.3, -0.25) is 9.59 Å². The van der Waals surface area contributed by atoms with Gasteiger partial charge in [0.2, 0.25) is 0 Å². The number of ether oxygens (including phenoxy) is 1. The van der Waals surface area contributed by atoms with Crippen LogP contribution in [0.3, 0.4) is 0 Å². The molecule has 0 unspecified atom stereocenters. The van der Waals surface area contributed by atoms with Crippen LogP contribution >= 0.6 is 15.9 Å². The molecule has 0 atom stereocenters. The van der Waals surface area contributed by atoms with Gasteiger partial charge in [-0.25, -0.2) is 5.43 Å². The van der Waals surface area contributed by atoms with Crippen LogP contribution in [-0.2, 0) is 9.59 Å². The Balaban J connectivity index is 1.99. The van der Waals surface area contributed by atoms with Crippen molar-refractivity contribution in [2.24, 2.45) is 5.10 Å². The lowest BCUT2D eigenvalue weighted by Gasteiger charge is -2.07. The third kappa shape index (κ3) is 4.66. The van der Waals surface area contributed by atoms with E-state index in [4.69, 9.17) is 4.74 Å². The number of nitrogens with zero attached hydrogens (tertiary/aromatic N) is 1. The first-order valence-corrected chi connectivity index (χ1v) is 7.84. The summed E-state index contributed by atoms with van der Waals surface area (Å²) < 4.78 is 6.03. The number of carbonyl (C=O) groups excluding carboxylic acids is 2. The standard InChI is InChI=1S/C17H16BrN3O3/c1-11-5-3-4-6-14(11)20-16(22)17(23)21-19-10-12-9-13(18)7-8-15(12)24-2/h3-10H,1-2H3,(H,20,22)(H,21,23)/b19-10+. The van der Waals surface area contributed by atoms with E-state index >= 15 is 0 Å². The largest absolute Gasteiger partial charge is 0.496 e. The Morgan fingerprint density at radius 3 is 2.62 bits per heavy atom. The maximum absolute atomic E-state index is 11.9. The Hall–Kier alpha value is -2.67. The van der Waals surface area contributed by atoms with E-state index < -0.39 is 11.8 Å². The Kier molecular flexibility index (Phi) is 6.08. The number of amides is 2. The highest BCUT2D eigenvalue weighted by Crippen LogP contribution is 2.21. The number of hydrazone groups is 1. The zero-order valence-corrected chi connectivity index (χ0v) is 14.8. The lowest BCUT2D eigenvalue weighted by molar-refractivity contribution is -0.136. The first kappa shape index (κ1) is 17.7. The van der Waals surface area contributed by atoms with E-state index in [1.165, 1.54) is 13.3 Å². The summed E-state index contributed by atoms with van der Waals surface area (Å²) in [6, 6.07) is 12.5. The molecule has 2 aromatic carbocycles. The Labute approximate surface area is 148 Å². The molecule has 0 aromatic heterocycles. The fourth-order valence-corrected chi connectivity index (χ4v) is 2.29. The molecular formula is C17H16BrN3O3. The molecule has 0 heterocycles. The van der Waals surface area contributed by atoms with Gasteiger partial charge < -0.3 is 10.1 Å². The molecule has 0 saturated carbocycles. The highest BCUT2D eigenvalue weighted by atomic mass is 79.9. The van der Waals surface area contributed by atoms with E-state index in [1.54, 1.807) is 24.3 Å². The average Bonchev–Trinajstić information content (AvgIpc) is 2.57. The molecule has 2 aromatic rings. The van der Waals surface area contributed by atoms with E-state index in [1.807, 2.05) is 25.1 Å². The number of hydrogen-bond donors (Lipinski definition) is 2. The van der Waals surface area contributed by atoms with E-state index in [0.717, 1.165) is 10.0 Å². The summed E-state index contributed by atoms with van der Waals surface area (Å²) in [5.74, 6) is -1.05. The number of anilines is 1. The molecule has 0 aliphatic rings. The first-order valence-electron chi connectivity index (χ1n) is 7.05. The Bertz CT molecular complexity index is 790. The van der Waals surface area contributed by atoms with E-state index in [-0.39, 0.29) is 0 Å². The summed E-state index contributed by atoms with van der Waals surface area (Å²) >= 11 is 3.34. The average molecular weight is 390 g/mol. The maximum atomic E-state index is 11.9. The summed E-state index contributed by atoms with van der Waals surface area (Å²) in [6.07, 6.45) is 1.41. The molecule has 24 heavy (non-hydrogen) atoms. The third-order valence-electron chi connectivity index (χ3n) is 3.16. The summed E-state index contributed by atoms with van der Waals surface area (Å²) in [7, 11) is 1.54. The van der Waals surface area contributed by atoms with Crippen LogP contribution in [-0.4, -0.2) is 25.1 Å². The lowest BCUT2D eigenvalue weighted by atomic mass is 10.2. The summed E-state index contributed by atoms with van der Waals surface area (Å²) in [5, 5.41) is 6.32. The molecule has 2 rings (SSSR count). The van der Waals surface area contributed by atoms with Crippen molar-refractivity contribution >= 4 is 39.6 Å². The van der Waals surface area contributed by atoms with Crippen LogP contribution in [0.15, 0.2) is 52.0 Å². The molecule has 2 amide bonds. The zero-order valence-electron chi connectivity index (χ0n) is 13.2. The number of benzene rings is 2. The minimum Gasteiger partial charge on any atom is -0.496 e. The molecule has 0 fully saturated rings. The molecule has 124 valence electrons. The Morgan fingerprint density at radius 1 is 1.17 bits per heavy atom. The number of para-hydroxylation sites is 1. The van der Waals surface area contributed by atoms with Crippen molar-refractivity contribution in [1.82, 2.24) is 5.43 Å². The van der Waals surface area contributed by atoms with Gasteiger partial charge in [-0.2, -0.15) is 5.10 Å². The smallest absolute Gasteiger partial charge is 0.329 e. The van der Waals surface area contributed by atoms with E-state index in [0.29, 0.717) is 17.0 Å². The van der Waals surface area contributed by atoms with Gasteiger partial charge in [0, 0.05) is 15.7 Å². The van der Waals surface area contributed by atoms with Crippen molar-refractivity contribution < 1.29 is 14.3 Å². The second-order valence-corrected chi connectivity index (χ2v) is 5.77. The molecule has 7 heteroatoms. The number of rotatable bonds is 4. The van der Waals surface area contributed by atoms with Crippen LogP contribution in [0.5, 0.6) is 5.75 Å². The molecule has 0 bridgehead atoms. The van der Waals surface area contributed by atoms with Crippen molar-refractivity contribution in [2.45, 2.75) is 6.92 Å². The zero-order chi connectivity index (χ0) is 17.5. The number of methoxy groups -OCH3 is 1. The van der Waals surface area contributed by atoms with Crippen molar-refractivity contribution in [3.8, 4) is 5.75 Å². The maximum Gasteiger partial charge on any atom is 0.329 e. The third-order valence-corrected chi connectivity index (χ3v) is 3.65. The lowest BCUT2D eigenvalue weighted by Crippen LogP contribution is -2.32. The summed E-state index contributed by atoms with van der Waals surface area (Å²) in [5.41, 5.74) is 4.29. The van der Waals surface area contributed by atoms with Crippen LogP contribution in [0.25, 0.3) is 0 Å². The van der Waals surface area contributed by atoms with Gasteiger partial charge in [0.1, 0.15) is 5.75 Å². The van der Waals surface area contributed by atoms with Gasteiger partial charge >= 0.3 is 11.8 Å². The highest BCUT2D eigenvalue weighted by molar-refractivity contribution is 9.10. The number of aryl methyl sites for hydroxylation is 1.